The Kier molecular flexibility index (Phi) is 3.28. The Morgan fingerprint density at radius 1 is 1.58 bits per heavy atom. The van der Waals surface area contributed by atoms with Crippen LogP contribution < -0.4 is 4.74 Å². The maximum Gasteiger partial charge on any atom is 0.148 e. The van der Waals surface area contributed by atoms with E-state index in [0.717, 1.165) is 0 Å². The Labute approximate surface area is 81.2 Å². The van der Waals surface area contributed by atoms with E-state index < -0.39 is 0 Å². The van der Waals surface area contributed by atoms with Crippen molar-refractivity contribution < 1.29 is 4.74 Å². The van der Waals surface area contributed by atoms with Crippen molar-refractivity contribution in [3.05, 3.63) is 28.2 Å². The molecule has 0 aromatic heterocycles. The minimum Gasteiger partial charge on any atom is -0.479 e. The molecule has 0 heterocycles. The molecule has 0 spiro atoms. The first-order valence-corrected chi connectivity index (χ1v) is 3.93. The molecule has 12 heavy (non-hydrogen) atoms. The van der Waals surface area contributed by atoms with Crippen LogP contribution in [0.5, 0.6) is 5.75 Å². The van der Waals surface area contributed by atoms with Crippen molar-refractivity contribution in [2.75, 3.05) is 6.61 Å². The van der Waals surface area contributed by atoms with Gasteiger partial charge in [-0.25, -0.2) is 0 Å². The molecule has 0 unspecified atom stereocenters. The van der Waals surface area contributed by atoms with Gasteiger partial charge in [-0.3, -0.25) is 0 Å². The van der Waals surface area contributed by atoms with E-state index in [9.17, 15) is 0 Å². The fourth-order valence-corrected chi connectivity index (χ4v) is 0.975. The van der Waals surface area contributed by atoms with Crippen molar-refractivity contribution >= 4 is 23.2 Å². The van der Waals surface area contributed by atoms with Crippen LogP contribution in [0.2, 0.25) is 10.0 Å². The van der Waals surface area contributed by atoms with Gasteiger partial charge in [-0.2, -0.15) is 0 Å². The van der Waals surface area contributed by atoms with Crippen LogP contribution in [0.4, 0.5) is 0 Å². The predicted molar refractivity (Wildman–Crippen MR) is 49.6 cm³/mol. The number of ether oxygens (including phenoxy) is 1. The lowest BCUT2D eigenvalue weighted by molar-refractivity contribution is 0.370. The molecule has 0 amide bonds. The molecule has 0 aliphatic rings. The third kappa shape index (κ3) is 2.07. The lowest BCUT2D eigenvalue weighted by atomic mass is 10.3. The number of halogens is 2. The largest absolute Gasteiger partial charge is 0.479 e. The number of benzene rings is 1. The predicted octanol–water partition coefficient (Wildman–Crippen LogP) is 2.81. The fourth-order valence-electron chi connectivity index (χ4n) is 0.654. The molecular weight excluding hydrogens is 195 g/mol. The van der Waals surface area contributed by atoms with Crippen molar-refractivity contribution in [3.63, 3.8) is 0 Å². The highest BCUT2D eigenvalue weighted by atomic mass is 35.5. The van der Waals surface area contributed by atoms with Crippen LogP contribution in [0.3, 0.4) is 0 Å². The van der Waals surface area contributed by atoms with Crippen molar-refractivity contribution in [2.45, 2.75) is 0 Å². The van der Waals surface area contributed by atoms with Gasteiger partial charge < -0.3 is 4.74 Å². The first kappa shape index (κ1) is 9.25. The number of hydrogen-bond acceptors (Lipinski definition) is 1. The first-order chi connectivity index (χ1) is 5.75. The van der Waals surface area contributed by atoms with Gasteiger partial charge in [0.25, 0.3) is 0 Å². The molecular formula is C9H5Cl2O. The minimum atomic E-state index is 0.163. The van der Waals surface area contributed by atoms with Crippen LogP contribution >= 0.6 is 23.2 Å². The van der Waals surface area contributed by atoms with Crippen LogP contribution in [0.15, 0.2) is 12.1 Å². The Hall–Kier alpha value is -0.840. The average molecular weight is 200 g/mol. The molecule has 1 radical (unpaired) electrons. The Morgan fingerprint density at radius 2 is 2.33 bits per heavy atom. The summed E-state index contributed by atoms with van der Waals surface area (Å²) in [4.78, 5) is 0. The second-order valence-corrected chi connectivity index (χ2v) is 2.75. The van der Waals surface area contributed by atoms with Crippen LogP contribution in [-0.2, 0) is 0 Å². The highest BCUT2D eigenvalue weighted by Crippen LogP contribution is 2.30. The normalized spacial score (nSPS) is 9.08. The molecule has 0 aliphatic heterocycles. The van der Waals surface area contributed by atoms with Gasteiger partial charge in [0, 0.05) is 6.07 Å². The van der Waals surface area contributed by atoms with Crippen molar-refractivity contribution in [1.29, 1.82) is 0 Å². The summed E-state index contributed by atoms with van der Waals surface area (Å²) < 4.78 is 5.06. The molecule has 0 atom stereocenters. The van der Waals surface area contributed by atoms with E-state index >= 15 is 0 Å². The summed E-state index contributed by atoms with van der Waals surface area (Å²) in [7, 11) is 0. The van der Waals surface area contributed by atoms with E-state index in [1.165, 1.54) is 0 Å². The molecule has 3 heteroatoms. The van der Waals surface area contributed by atoms with E-state index in [4.69, 9.17) is 34.4 Å². The Balaban J connectivity index is 2.86. The number of rotatable bonds is 2. The van der Waals surface area contributed by atoms with Crippen molar-refractivity contribution in [3.8, 4) is 18.1 Å². The summed E-state index contributed by atoms with van der Waals surface area (Å²) in [5.41, 5.74) is 0. The van der Waals surface area contributed by atoms with E-state index in [2.05, 4.69) is 12.0 Å². The zero-order chi connectivity index (χ0) is 8.97. The van der Waals surface area contributed by atoms with Gasteiger partial charge in [-0.05, 0) is 12.1 Å². The van der Waals surface area contributed by atoms with E-state index in [1.54, 1.807) is 12.1 Å². The minimum absolute atomic E-state index is 0.163. The molecule has 1 aromatic carbocycles. The Bertz CT molecular complexity index is 315. The number of terminal acetylenes is 1. The van der Waals surface area contributed by atoms with E-state index in [-0.39, 0.29) is 6.61 Å². The summed E-state index contributed by atoms with van der Waals surface area (Å²) >= 11 is 11.5. The molecule has 0 bridgehead atoms. The van der Waals surface area contributed by atoms with Crippen LogP contribution in [0, 0.1) is 18.4 Å². The van der Waals surface area contributed by atoms with Crippen molar-refractivity contribution in [1.82, 2.24) is 0 Å². The SMILES string of the molecule is C#CCOc1[c]ccc(Cl)c1Cl. The topological polar surface area (TPSA) is 9.23 Å². The maximum atomic E-state index is 5.77. The molecule has 1 rings (SSSR count). The zero-order valence-electron chi connectivity index (χ0n) is 6.10. The summed E-state index contributed by atoms with van der Waals surface area (Å²) in [5, 5.41) is 0.775. The van der Waals surface area contributed by atoms with Crippen LogP contribution in [0.1, 0.15) is 0 Å². The van der Waals surface area contributed by atoms with Crippen LogP contribution in [-0.4, -0.2) is 6.61 Å². The maximum absolute atomic E-state index is 5.77. The van der Waals surface area contributed by atoms with Gasteiger partial charge >= 0.3 is 0 Å². The first-order valence-electron chi connectivity index (χ1n) is 3.17. The third-order valence-corrected chi connectivity index (χ3v) is 1.94. The quantitative estimate of drug-likeness (QED) is 0.667. The summed E-state index contributed by atoms with van der Waals surface area (Å²) in [6, 6.07) is 6.03. The van der Waals surface area contributed by atoms with Crippen molar-refractivity contribution in [2.24, 2.45) is 0 Å². The molecule has 0 saturated carbocycles. The highest BCUT2D eigenvalue weighted by Gasteiger charge is 2.04. The monoisotopic (exact) mass is 199 g/mol. The van der Waals surface area contributed by atoms with Crippen LogP contribution in [0.25, 0.3) is 0 Å². The zero-order valence-corrected chi connectivity index (χ0v) is 7.62. The lowest BCUT2D eigenvalue weighted by Gasteiger charge is -2.04. The molecule has 1 aromatic rings. The standard InChI is InChI=1S/C9H5Cl2O/c1-2-6-12-8-5-3-4-7(10)9(8)11/h1,3-4H,6H2. The second-order valence-electron chi connectivity index (χ2n) is 1.96. The molecule has 0 aliphatic carbocycles. The number of hydrogen-bond donors (Lipinski definition) is 0. The van der Waals surface area contributed by atoms with Gasteiger partial charge in [0.05, 0.1) is 5.02 Å². The molecule has 1 nitrogen and oxygen atoms in total. The third-order valence-electron chi connectivity index (χ3n) is 1.15. The Morgan fingerprint density at radius 3 is 3.00 bits per heavy atom. The molecule has 0 N–H and O–H groups in total. The molecule has 61 valence electrons. The van der Waals surface area contributed by atoms with E-state index in [0.29, 0.717) is 15.8 Å². The molecule has 0 fully saturated rings. The fraction of sp³-hybridized carbons (Fsp3) is 0.111. The van der Waals surface area contributed by atoms with Gasteiger partial charge in [0.1, 0.15) is 17.4 Å². The summed E-state index contributed by atoms with van der Waals surface area (Å²) in [6.07, 6.45) is 5.00. The lowest BCUT2D eigenvalue weighted by Crippen LogP contribution is -1.94. The van der Waals surface area contributed by atoms with E-state index in [1.807, 2.05) is 0 Å². The summed E-state index contributed by atoms with van der Waals surface area (Å²) in [5.74, 6) is 2.71. The second kappa shape index (κ2) is 4.25. The summed E-state index contributed by atoms with van der Waals surface area (Å²) in [6.45, 7) is 0.163. The smallest absolute Gasteiger partial charge is 0.148 e. The van der Waals surface area contributed by atoms with Gasteiger partial charge in [0.2, 0.25) is 0 Å². The highest BCUT2D eigenvalue weighted by molar-refractivity contribution is 6.42. The molecule has 0 saturated heterocycles. The average Bonchev–Trinajstić information content (AvgIpc) is 2.08. The van der Waals surface area contributed by atoms with Gasteiger partial charge in [-0.15, -0.1) is 6.42 Å². The van der Waals surface area contributed by atoms with Gasteiger partial charge in [0.15, 0.2) is 0 Å². The van der Waals surface area contributed by atoms with Gasteiger partial charge in [-0.1, -0.05) is 29.1 Å².